The van der Waals surface area contributed by atoms with Crippen LogP contribution in [0.25, 0.3) is 10.9 Å². The smallest absolute Gasteiger partial charge is 0.343 e. The zero-order valence-electron chi connectivity index (χ0n) is 23.2. The monoisotopic (exact) mass is 619 g/mol. The number of hydrogen-bond donors (Lipinski definition) is 1. The Kier molecular flexibility index (Phi) is 9.41. The van der Waals surface area contributed by atoms with Crippen LogP contribution in [0.15, 0.2) is 79.0 Å². The van der Waals surface area contributed by atoms with Crippen molar-refractivity contribution in [3.05, 3.63) is 107 Å². The van der Waals surface area contributed by atoms with Crippen LogP contribution in [0.3, 0.4) is 0 Å². The van der Waals surface area contributed by atoms with Crippen molar-refractivity contribution >= 4 is 28.8 Å². The van der Waals surface area contributed by atoms with Crippen molar-refractivity contribution in [2.24, 2.45) is 5.92 Å². The Morgan fingerprint density at radius 3 is 2.33 bits per heavy atom. The molecule has 1 amide bonds. The largest absolute Gasteiger partial charge is 0.416 e. The molecule has 0 spiro atoms. The first-order valence-corrected chi connectivity index (χ1v) is 15.0. The van der Waals surface area contributed by atoms with E-state index in [2.05, 4.69) is 33.9 Å². The van der Waals surface area contributed by atoms with E-state index in [-0.39, 0.29) is 24.1 Å². The third kappa shape index (κ3) is 7.94. The summed E-state index contributed by atoms with van der Waals surface area (Å²) in [5.41, 5.74) is -0.607. The lowest BCUT2D eigenvalue weighted by molar-refractivity contribution is -0.143. The molecule has 0 saturated carbocycles. The zero-order chi connectivity index (χ0) is 30.6. The molecule has 5 rings (SSSR count). The van der Waals surface area contributed by atoms with Crippen LogP contribution in [-0.2, 0) is 25.3 Å². The number of likely N-dealkylation sites (tertiary alicyclic amines) is 1. The van der Waals surface area contributed by atoms with Crippen LogP contribution in [0.1, 0.15) is 45.5 Å². The second kappa shape index (κ2) is 13.1. The van der Waals surface area contributed by atoms with Crippen LogP contribution < -0.4 is 4.72 Å². The van der Waals surface area contributed by atoms with Crippen molar-refractivity contribution in [3.63, 3.8) is 0 Å². The standard InChI is InChI=1S/C32H31F6N3OS/c33-31(34,35)27-8-6-26(28(20-27)32(36,37)38)21-41-15-12-24-19-25(7-9-29(24)41)30(42)39-43-17-16-40-13-10-23(11-14-40)18-22-4-2-1-3-5-22/h1-9,12,15,19-20,23H,10-11,13-14,16-18,21H2,(H,39,42). The maximum atomic E-state index is 13.6. The molecular formula is C32H31F6N3OS. The lowest BCUT2D eigenvalue weighted by atomic mass is 9.90. The molecule has 3 aromatic carbocycles. The molecule has 0 bridgehead atoms. The quantitative estimate of drug-likeness (QED) is 0.117. The SMILES string of the molecule is O=C(NSCCN1CCC(Cc2ccccc2)CC1)c1ccc2c(ccn2Cc2ccc(C(F)(F)F)cc2C(F)(F)F)c1. The minimum absolute atomic E-state index is 0.148. The van der Waals surface area contributed by atoms with Gasteiger partial charge < -0.3 is 9.47 Å². The molecule has 1 aromatic heterocycles. The minimum Gasteiger partial charge on any atom is -0.343 e. The molecule has 228 valence electrons. The number of nitrogens with zero attached hydrogens (tertiary/aromatic N) is 2. The van der Waals surface area contributed by atoms with Gasteiger partial charge in [-0.1, -0.05) is 36.4 Å². The Morgan fingerprint density at radius 2 is 1.63 bits per heavy atom. The van der Waals surface area contributed by atoms with Crippen molar-refractivity contribution in [2.75, 3.05) is 25.4 Å². The topological polar surface area (TPSA) is 37.3 Å². The predicted octanol–water partition coefficient (Wildman–Crippen LogP) is 8.06. The summed E-state index contributed by atoms with van der Waals surface area (Å²) in [5.74, 6) is 1.16. The van der Waals surface area contributed by atoms with Gasteiger partial charge in [0.15, 0.2) is 0 Å². The van der Waals surface area contributed by atoms with E-state index < -0.39 is 23.5 Å². The lowest BCUT2D eigenvalue weighted by Gasteiger charge is -2.31. The van der Waals surface area contributed by atoms with Crippen molar-refractivity contribution in [1.82, 2.24) is 14.2 Å². The highest BCUT2D eigenvalue weighted by atomic mass is 32.2. The van der Waals surface area contributed by atoms with E-state index in [1.165, 1.54) is 22.1 Å². The van der Waals surface area contributed by atoms with Crippen molar-refractivity contribution in [3.8, 4) is 0 Å². The van der Waals surface area contributed by atoms with Gasteiger partial charge in [0.2, 0.25) is 0 Å². The third-order valence-corrected chi connectivity index (χ3v) is 8.58. The van der Waals surface area contributed by atoms with Gasteiger partial charge in [-0.15, -0.1) is 0 Å². The number of amides is 1. The summed E-state index contributed by atoms with van der Waals surface area (Å²) in [6, 6.07) is 18.7. The van der Waals surface area contributed by atoms with E-state index in [1.807, 2.05) is 6.07 Å². The Balaban J connectivity index is 1.13. The van der Waals surface area contributed by atoms with E-state index >= 15 is 0 Å². The third-order valence-electron chi connectivity index (χ3n) is 7.87. The fourth-order valence-electron chi connectivity index (χ4n) is 5.53. The van der Waals surface area contributed by atoms with Crippen molar-refractivity contribution in [2.45, 2.75) is 38.2 Å². The summed E-state index contributed by atoms with van der Waals surface area (Å²) in [4.78, 5) is 15.2. The van der Waals surface area contributed by atoms with Gasteiger partial charge in [0.05, 0.1) is 11.1 Å². The Hall–Kier alpha value is -3.44. The van der Waals surface area contributed by atoms with E-state index in [0.717, 1.165) is 50.7 Å². The van der Waals surface area contributed by atoms with Crippen molar-refractivity contribution < 1.29 is 31.1 Å². The van der Waals surface area contributed by atoms with Crippen LogP contribution in [0, 0.1) is 5.92 Å². The molecule has 11 heteroatoms. The Bertz CT molecular complexity index is 1540. The van der Waals surface area contributed by atoms with Gasteiger partial charge in [0.1, 0.15) is 0 Å². The van der Waals surface area contributed by atoms with E-state index in [1.54, 1.807) is 30.5 Å². The number of halogens is 6. The van der Waals surface area contributed by atoms with Crippen LogP contribution >= 0.6 is 11.9 Å². The first kappa shape index (κ1) is 31.0. The highest BCUT2D eigenvalue weighted by molar-refractivity contribution is 7.97. The maximum Gasteiger partial charge on any atom is 0.416 e. The fourth-order valence-corrected chi connectivity index (χ4v) is 6.23. The minimum atomic E-state index is -4.94. The molecule has 1 fully saturated rings. The molecule has 0 aliphatic carbocycles. The molecule has 1 aliphatic rings. The Labute approximate surface area is 250 Å². The second-order valence-corrected chi connectivity index (χ2v) is 11.7. The Morgan fingerprint density at radius 1 is 0.884 bits per heavy atom. The van der Waals surface area contributed by atoms with E-state index in [9.17, 15) is 31.1 Å². The normalized spacial score (nSPS) is 15.2. The summed E-state index contributed by atoms with van der Waals surface area (Å²) in [5, 5.41) is 0.636. The number of aromatic nitrogens is 1. The number of piperidine rings is 1. The van der Waals surface area contributed by atoms with Gasteiger partial charge in [-0.05, 0) is 97.7 Å². The number of carbonyl (C=O) groups is 1. The number of hydrogen-bond acceptors (Lipinski definition) is 3. The van der Waals surface area contributed by atoms with Gasteiger partial charge in [0, 0.05) is 41.5 Å². The van der Waals surface area contributed by atoms with Crippen molar-refractivity contribution in [1.29, 1.82) is 0 Å². The summed E-state index contributed by atoms with van der Waals surface area (Å²) in [7, 11) is 0. The van der Waals surface area contributed by atoms with Gasteiger partial charge in [-0.2, -0.15) is 26.3 Å². The average Bonchev–Trinajstić information content (AvgIpc) is 3.37. The van der Waals surface area contributed by atoms with Gasteiger partial charge in [-0.3, -0.25) is 9.52 Å². The van der Waals surface area contributed by atoms with Crippen LogP contribution in [0.5, 0.6) is 0 Å². The molecular weight excluding hydrogens is 588 g/mol. The fraction of sp³-hybridized carbons (Fsp3) is 0.344. The van der Waals surface area contributed by atoms with Gasteiger partial charge in [0.25, 0.3) is 5.91 Å². The zero-order valence-corrected chi connectivity index (χ0v) is 24.0. The molecule has 0 radical (unpaired) electrons. The lowest BCUT2D eigenvalue weighted by Crippen LogP contribution is -2.36. The van der Waals surface area contributed by atoms with Crippen LogP contribution in [0.4, 0.5) is 26.3 Å². The summed E-state index contributed by atoms with van der Waals surface area (Å²) >= 11 is 1.34. The van der Waals surface area contributed by atoms with Crippen LogP contribution in [-0.4, -0.2) is 40.8 Å². The number of rotatable bonds is 9. The number of carbonyl (C=O) groups excluding carboxylic acids is 1. The molecule has 4 nitrogen and oxygen atoms in total. The molecule has 2 heterocycles. The molecule has 43 heavy (non-hydrogen) atoms. The van der Waals surface area contributed by atoms with Gasteiger partial charge >= 0.3 is 12.4 Å². The summed E-state index contributed by atoms with van der Waals surface area (Å²) in [6.07, 6.45) is -4.85. The first-order chi connectivity index (χ1) is 20.5. The molecule has 1 aliphatic heterocycles. The maximum absolute atomic E-state index is 13.6. The number of fused-ring (bicyclic) bond motifs is 1. The average molecular weight is 620 g/mol. The summed E-state index contributed by atoms with van der Waals surface area (Å²) < 4.78 is 84.2. The number of benzene rings is 3. The molecule has 1 saturated heterocycles. The molecule has 1 N–H and O–H groups in total. The predicted molar refractivity (Wildman–Crippen MR) is 157 cm³/mol. The molecule has 4 aromatic rings. The highest BCUT2D eigenvalue weighted by Gasteiger charge is 2.38. The first-order valence-electron chi connectivity index (χ1n) is 14.0. The van der Waals surface area contributed by atoms with Crippen LogP contribution in [0.2, 0.25) is 0 Å². The number of nitrogens with one attached hydrogen (secondary N) is 1. The highest BCUT2D eigenvalue weighted by Crippen LogP contribution is 2.38. The number of alkyl halides is 6. The second-order valence-electron chi connectivity index (χ2n) is 10.8. The van der Waals surface area contributed by atoms with E-state index in [0.29, 0.717) is 28.5 Å². The summed E-state index contributed by atoms with van der Waals surface area (Å²) in [6.45, 7) is 2.67. The van der Waals surface area contributed by atoms with Gasteiger partial charge in [-0.25, -0.2) is 0 Å². The molecule has 0 unspecified atom stereocenters. The van der Waals surface area contributed by atoms with E-state index in [4.69, 9.17) is 0 Å². The molecule has 0 atom stereocenters.